The topological polar surface area (TPSA) is 29.3 Å². The predicted molar refractivity (Wildman–Crippen MR) is 77.1 cm³/mol. The minimum Gasteiger partial charge on any atom is -0.398 e. The highest BCUT2D eigenvalue weighted by molar-refractivity contribution is 9.10. The second-order valence-corrected chi connectivity index (χ2v) is 5.02. The largest absolute Gasteiger partial charge is 0.398 e. The second-order valence-electron chi connectivity index (χ2n) is 4.16. The molecular formula is C14H14BrFN2. The first-order chi connectivity index (χ1) is 8.58. The van der Waals surface area contributed by atoms with Gasteiger partial charge in [-0.2, -0.15) is 0 Å². The first-order valence-corrected chi connectivity index (χ1v) is 6.37. The molecule has 2 N–H and O–H groups in total. The number of nitrogen functional groups attached to an aromatic ring is 1. The highest BCUT2D eigenvalue weighted by Gasteiger charge is 2.07. The molecule has 2 nitrogen and oxygen atoms in total. The quantitative estimate of drug-likeness (QED) is 0.874. The smallest absolute Gasteiger partial charge is 0.146 e. The van der Waals surface area contributed by atoms with E-state index in [1.807, 2.05) is 36.2 Å². The summed E-state index contributed by atoms with van der Waals surface area (Å²) in [5.74, 6) is -0.218. The van der Waals surface area contributed by atoms with Gasteiger partial charge in [-0.15, -0.1) is 0 Å². The SMILES string of the molecule is CN(Cc1ccc(Br)c(N)c1)c1ccccc1F. The van der Waals surface area contributed by atoms with Crippen molar-refractivity contribution in [1.29, 1.82) is 0 Å². The van der Waals surface area contributed by atoms with Gasteiger partial charge < -0.3 is 10.6 Å². The molecule has 0 atom stereocenters. The van der Waals surface area contributed by atoms with Crippen LogP contribution in [0.2, 0.25) is 0 Å². The predicted octanol–water partition coefficient (Wildman–Crippen LogP) is 3.81. The third-order valence-electron chi connectivity index (χ3n) is 2.74. The zero-order chi connectivity index (χ0) is 13.1. The van der Waals surface area contributed by atoms with Gasteiger partial charge in [0.05, 0.1) is 5.69 Å². The van der Waals surface area contributed by atoms with Gasteiger partial charge in [-0.3, -0.25) is 0 Å². The van der Waals surface area contributed by atoms with Crippen LogP contribution in [-0.4, -0.2) is 7.05 Å². The number of benzene rings is 2. The number of anilines is 2. The van der Waals surface area contributed by atoms with Gasteiger partial charge in [0.1, 0.15) is 5.82 Å². The Labute approximate surface area is 114 Å². The van der Waals surface area contributed by atoms with Crippen molar-refractivity contribution in [2.45, 2.75) is 6.54 Å². The molecule has 0 saturated carbocycles. The number of hydrogen-bond donors (Lipinski definition) is 1. The molecule has 2 rings (SSSR count). The molecule has 4 heteroatoms. The van der Waals surface area contributed by atoms with Crippen LogP contribution in [0, 0.1) is 5.82 Å². The van der Waals surface area contributed by atoms with Gasteiger partial charge in [-0.05, 0) is 45.8 Å². The maximum absolute atomic E-state index is 13.6. The number of hydrogen-bond acceptors (Lipinski definition) is 2. The molecule has 0 unspecified atom stereocenters. The Kier molecular flexibility index (Phi) is 3.87. The Balaban J connectivity index is 2.19. The fourth-order valence-electron chi connectivity index (χ4n) is 1.81. The van der Waals surface area contributed by atoms with Crippen LogP contribution in [0.25, 0.3) is 0 Å². The summed E-state index contributed by atoms with van der Waals surface area (Å²) >= 11 is 3.35. The summed E-state index contributed by atoms with van der Waals surface area (Å²) in [6, 6.07) is 12.5. The Morgan fingerprint density at radius 1 is 1.22 bits per heavy atom. The van der Waals surface area contributed by atoms with E-state index in [2.05, 4.69) is 15.9 Å². The van der Waals surface area contributed by atoms with Crippen molar-refractivity contribution in [2.75, 3.05) is 17.7 Å². The number of para-hydroxylation sites is 1. The molecule has 18 heavy (non-hydrogen) atoms. The van der Waals surface area contributed by atoms with Gasteiger partial charge in [0.25, 0.3) is 0 Å². The molecule has 0 aromatic heterocycles. The first kappa shape index (κ1) is 12.9. The molecule has 0 amide bonds. The lowest BCUT2D eigenvalue weighted by Crippen LogP contribution is -2.17. The molecule has 0 fully saturated rings. The maximum Gasteiger partial charge on any atom is 0.146 e. The lowest BCUT2D eigenvalue weighted by molar-refractivity contribution is 0.622. The molecule has 0 radical (unpaired) electrons. The van der Waals surface area contributed by atoms with Gasteiger partial charge in [-0.1, -0.05) is 18.2 Å². The van der Waals surface area contributed by atoms with Crippen molar-refractivity contribution in [2.24, 2.45) is 0 Å². The monoisotopic (exact) mass is 308 g/mol. The normalized spacial score (nSPS) is 10.4. The standard InChI is InChI=1S/C14H14BrFN2/c1-18(14-5-3-2-4-12(14)16)9-10-6-7-11(15)13(17)8-10/h2-8H,9,17H2,1H3. The molecule has 0 aliphatic heterocycles. The van der Waals surface area contributed by atoms with Crippen LogP contribution in [0.3, 0.4) is 0 Å². The van der Waals surface area contributed by atoms with Crippen molar-refractivity contribution in [3.63, 3.8) is 0 Å². The highest BCUT2D eigenvalue weighted by atomic mass is 79.9. The van der Waals surface area contributed by atoms with Crippen LogP contribution < -0.4 is 10.6 Å². The van der Waals surface area contributed by atoms with E-state index < -0.39 is 0 Å². The maximum atomic E-state index is 13.6. The number of nitrogens with zero attached hydrogens (tertiary/aromatic N) is 1. The highest BCUT2D eigenvalue weighted by Crippen LogP contribution is 2.23. The van der Waals surface area contributed by atoms with Gasteiger partial charge in [0.2, 0.25) is 0 Å². The summed E-state index contributed by atoms with van der Waals surface area (Å²) in [6.07, 6.45) is 0. The number of halogens is 2. The number of nitrogens with two attached hydrogens (primary N) is 1. The molecule has 0 bridgehead atoms. The molecule has 0 aliphatic rings. The van der Waals surface area contributed by atoms with Gasteiger partial charge in [0.15, 0.2) is 0 Å². The van der Waals surface area contributed by atoms with Crippen LogP contribution >= 0.6 is 15.9 Å². The van der Waals surface area contributed by atoms with Crippen molar-refractivity contribution < 1.29 is 4.39 Å². The lowest BCUT2D eigenvalue weighted by Gasteiger charge is -2.20. The number of rotatable bonds is 3. The third kappa shape index (κ3) is 2.82. The minimum absolute atomic E-state index is 0.218. The molecule has 2 aromatic carbocycles. The van der Waals surface area contributed by atoms with E-state index in [0.717, 1.165) is 10.0 Å². The van der Waals surface area contributed by atoms with E-state index in [4.69, 9.17) is 5.73 Å². The second kappa shape index (κ2) is 5.40. The van der Waals surface area contributed by atoms with Gasteiger partial charge in [0, 0.05) is 23.8 Å². The van der Waals surface area contributed by atoms with Crippen LogP contribution in [-0.2, 0) is 6.54 Å². The van der Waals surface area contributed by atoms with Crippen LogP contribution in [0.1, 0.15) is 5.56 Å². The average Bonchev–Trinajstić information content (AvgIpc) is 2.34. The summed E-state index contributed by atoms with van der Waals surface area (Å²) in [6.45, 7) is 0.610. The summed E-state index contributed by atoms with van der Waals surface area (Å²) in [4.78, 5) is 1.86. The van der Waals surface area contributed by atoms with E-state index in [1.54, 1.807) is 12.1 Å². The first-order valence-electron chi connectivity index (χ1n) is 5.57. The molecule has 0 aliphatic carbocycles. The van der Waals surface area contributed by atoms with Crippen LogP contribution in [0.4, 0.5) is 15.8 Å². The van der Waals surface area contributed by atoms with E-state index >= 15 is 0 Å². The third-order valence-corrected chi connectivity index (χ3v) is 3.47. The summed E-state index contributed by atoms with van der Waals surface area (Å²) in [5, 5.41) is 0. The minimum atomic E-state index is -0.218. The summed E-state index contributed by atoms with van der Waals surface area (Å²) in [5.41, 5.74) is 8.14. The Morgan fingerprint density at radius 2 is 1.94 bits per heavy atom. The average molecular weight is 309 g/mol. The molecule has 0 heterocycles. The van der Waals surface area contributed by atoms with Crippen LogP contribution in [0.5, 0.6) is 0 Å². The van der Waals surface area contributed by atoms with Crippen molar-refractivity contribution >= 4 is 27.3 Å². The fraction of sp³-hybridized carbons (Fsp3) is 0.143. The molecule has 0 saturated heterocycles. The van der Waals surface area contributed by atoms with Crippen molar-refractivity contribution in [3.8, 4) is 0 Å². The Morgan fingerprint density at radius 3 is 2.61 bits per heavy atom. The molecular weight excluding hydrogens is 295 g/mol. The molecule has 94 valence electrons. The van der Waals surface area contributed by atoms with E-state index in [9.17, 15) is 4.39 Å². The zero-order valence-electron chi connectivity index (χ0n) is 10.0. The van der Waals surface area contributed by atoms with Crippen molar-refractivity contribution in [3.05, 3.63) is 58.3 Å². The molecule has 2 aromatic rings. The Hall–Kier alpha value is -1.55. The fourth-order valence-corrected chi connectivity index (χ4v) is 2.06. The summed E-state index contributed by atoms with van der Waals surface area (Å²) < 4.78 is 14.5. The van der Waals surface area contributed by atoms with E-state index in [0.29, 0.717) is 17.9 Å². The zero-order valence-corrected chi connectivity index (χ0v) is 11.6. The van der Waals surface area contributed by atoms with Crippen LogP contribution in [0.15, 0.2) is 46.9 Å². The van der Waals surface area contributed by atoms with E-state index in [-0.39, 0.29) is 5.82 Å². The van der Waals surface area contributed by atoms with E-state index in [1.165, 1.54) is 6.07 Å². The van der Waals surface area contributed by atoms with Gasteiger partial charge >= 0.3 is 0 Å². The lowest BCUT2D eigenvalue weighted by atomic mass is 10.2. The Bertz CT molecular complexity index is 557. The van der Waals surface area contributed by atoms with Crippen molar-refractivity contribution in [1.82, 2.24) is 0 Å². The molecule has 0 spiro atoms. The summed E-state index contributed by atoms with van der Waals surface area (Å²) in [7, 11) is 1.86. The van der Waals surface area contributed by atoms with Gasteiger partial charge in [-0.25, -0.2) is 4.39 Å².